The number of nitrogens with zero attached hydrogens (tertiary/aromatic N) is 4. The molecule has 1 fully saturated rings. The van der Waals surface area contributed by atoms with E-state index in [1.807, 2.05) is 32.3 Å². The Morgan fingerprint density at radius 1 is 1.18 bits per heavy atom. The van der Waals surface area contributed by atoms with Crippen molar-refractivity contribution in [2.45, 2.75) is 90.4 Å². The Bertz CT molecular complexity index is 1100. The van der Waals surface area contributed by atoms with E-state index in [1.54, 1.807) is 19.9 Å². The van der Waals surface area contributed by atoms with Crippen molar-refractivity contribution in [3.63, 3.8) is 0 Å². The van der Waals surface area contributed by atoms with Crippen LogP contribution in [0.5, 0.6) is 5.75 Å². The number of phenols is 1. The zero-order valence-electron chi connectivity index (χ0n) is 20.1. The van der Waals surface area contributed by atoms with Gasteiger partial charge in [0.05, 0.1) is 11.9 Å². The van der Waals surface area contributed by atoms with Gasteiger partial charge in [0.25, 0.3) is 0 Å². The summed E-state index contributed by atoms with van der Waals surface area (Å²) in [6.07, 6.45) is 8.44. The third-order valence-corrected chi connectivity index (χ3v) is 6.25. The number of nitrogens with one attached hydrogen (secondary N) is 2. The van der Waals surface area contributed by atoms with Crippen LogP contribution in [-0.2, 0) is 6.54 Å². The topological polar surface area (TPSA) is 108 Å². The molecule has 1 aromatic carbocycles. The minimum absolute atomic E-state index is 0.0119. The number of aromatic nitrogens is 4. The summed E-state index contributed by atoms with van der Waals surface area (Å²) < 4.78 is 2.19. The molecule has 1 aliphatic rings. The average molecular weight is 453 g/mol. The lowest BCUT2D eigenvalue weighted by Crippen LogP contribution is -2.29. The van der Waals surface area contributed by atoms with Crippen molar-refractivity contribution in [2.75, 3.05) is 10.6 Å². The summed E-state index contributed by atoms with van der Waals surface area (Å²) in [4.78, 5) is 14.2. The van der Waals surface area contributed by atoms with Crippen LogP contribution in [0, 0.1) is 6.92 Å². The lowest BCUT2D eigenvalue weighted by atomic mass is 9.95. The minimum atomic E-state index is -0.788. The van der Waals surface area contributed by atoms with Gasteiger partial charge in [-0.15, -0.1) is 0 Å². The van der Waals surface area contributed by atoms with Gasteiger partial charge in [0.15, 0.2) is 17.0 Å². The van der Waals surface area contributed by atoms with Crippen molar-refractivity contribution in [3.05, 3.63) is 35.7 Å². The van der Waals surface area contributed by atoms with Gasteiger partial charge in [-0.3, -0.25) is 0 Å². The Labute approximate surface area is 195 Å². The number of fused-ring (bicyclic) bond motifs is 1. The second kappa shape index (κ2) is 9.55. The number of anilines is 2. The molecule has 4 rings (SSSR count). The molecular weight excluding hydrogens is 416 g/mol. The summed E-state index contributed by atoms with van der Waals surface area (Å²) in [5.74, 6) is 1.39. The molecule has 0 saturated heterocycles. The predicted molar refractivity (Wildman–Crippen MR) is 132 cm³/mol. The quantitative estimate of drug-likeness (QED) is 0.384. The van der Waals surface area contributed by atoms with E-state index in [0.29, 0.717) is 30.8 Å². The van der Waals surface area contributed by atoms with Crippen LogP contribution in [0.4, 0.5) is 11.8 Å². The molecule has 0 amide bonds. The normalized spacial score (nSPS) is 16.2. The fourth-order valence-corrected chi connectivity index (χ4v) is 4.79. The maximum Gasteiger partial charge on any atom is 0.226 e. The number of hydrogen-bond acceptors (Lipinski definition) is 7. The van der Waals surface area contributed by atoms with Crippen molar-refractivity contribution in [3.8, 4) is 5.75 Å². The van der Waals surface area contributed by atoms with Gasteiger partial charge in [-0.25, -0.2) is 4.98 Å². The average Bonchev–Trinajstić information content (AvgIpc) is 3.17. The molecule has 0 radical (unpaired) electrons. The molecule has 3 aromatic rings. The molecule has 0 bridgehead atoms. The summed E-state index contributed by atoms with van der Waals surface area (Å²) in [5.41, 5.74) is 2.64. The summed E-state index contributed by atoms with van der Waals surface area (Å²) in [5, 5.41) is 27.2. The molecule has 0 spiro atoms. The van der Waals surface area contributed by atoms with Crippen LogP contribution in [0.3, 0.4) is 0 Å². The SMILES string of the molecule is Cc1ccc(O)c(CNc2nc(NC(C)CC(C)(C)O)nc3c2ncn3C2CCCCC2)c1. The largest absolute Gasteiger partial charge is 0.508 e. The number of aromatic hydroxyl groups is 1. The number of aryl methyl sites for hydroxylation is 1. The molecule has 178 valence electrons. The lowest BCUT2D eigenvalue weighted by Gasteiger charge is -2.24. The van der Waals surface area contributed by atoms with Crippen molar-refractivity contribution < 1.29 is 10.2 Å². The third kappa shape index (κ3) is 5.74. The lowest BCUT2D eigenvalue weighted by molar-refractivity contribution is 0.0672. The van der Waals surface area contributed by atoms with Crippen LogP contribution in [0.1, 0.15) is 76.5 Å². The smallest absolute Gasteiger partial charge is 0.226 e. The van der Waals surface area contributed by atoms with E-state index in [4.69, 9.17) is 9.97 Å². The molecule has 2 aromatic heterocycles. The number of hydrogen-bond donors (Lipinski definition) is 4. The van der Waals surface area contributed by atoms with E-state index in [-0.39, 0.29) is 11.8 Å². The molecule has 8 nitrogen and oxygen atoms in total. The number of benzene rings is 1. The van der Waals surface area contributed by atoms with Gasteiger partial charge in [0.2, 0.25) is 5.95 Å². The fraction of sp³-hybridized carbons (Fsp3) is 0.560. The first-order chi connectivity index (χ1) is 15.7. The molecular formula is C25H36N6O2. The number of phenolic OH excluding ortho intramolecular Hbond substituents is 1. The number of rotatable bonds is 8. The Morgan fingerprint density at radius 2 is 1.94 bits per heavy atom. The fourth-order valence-electron chi connectivity index (χ4n) is 4.79. The first-order valence-corrected chi connectivity index (χ1v) is 12.0. The van der Waals surface area contributed by atoms with E-state index >= 15 is 0 Å². The molecule has 0 aliphatic heterocycles. The molecule has 8 heteroatoms. The standard InChI is InChI=1S/C25H36N6O2/c1-16-10-11-20(32)18(12-16)14-26-22-21-23(31(15-27-21)19-8-6-5-7-9-19)30-24(29-22)28-17(2)13-25(3,4)33/h10-12,15,17,19,32-33H,5-9,13-14H2,1-4H3,(H2,26,28,29,30). The maximum atomic E-state index is 10.3. The van der Waals surface area contributed by atoms with Gasteiger partial charge in [-0.1, -0.05) is 37.0 Å². The maximum absolute atomic E-state index is 10.3. The molecule has 4 N–H and O–H groups in total. The Balaban J connectivity index is 1.67. The van der Waals surface area contributed by atoms with Crippen molar-refractivity contribution in [2.24, 2.45) is 0 Å². The van der Waals surface area contributed by atoms with Crippen LogP contribution in [-0.4, -0.2) is 41.4 Å². The van der Waals surface area contributed by atoms with Crippen LogP contribution in [0.25, 0.3) is 11.2 Å². The molecule has 1 atom stereocenters. The Morgan fingerprint density at radius 3 is 2.67 bits per heavy atom. The van der Waals surface area contributed by atoms with Crippen molar-refractivity contribution >= 4 is 22.9 Å². The predicted octanol–water partition coefficient (Wildman–Crippen LogP) is 4.92. The monoisotopic (exact) mass is 452 g/mol. The molecule has 2 heterocycles. The minimum Gasteiger partial charge on any atom is -0.508 e. The van der Waals surface area contributed by atoms with Gasteiger partial charge < -0.3 is 25.4 Å². The van der Waals surface area contributed by atoms with Crippen LogP contribution < -0.4 is 10.6 Å². The molecule has 1 unspecified atom stereocenters. The third-order valence-electron chi connectivity index (χ3n) is 6.25. The highest BCUT2D eigenvalue weighted by Gasteiger charge is 2.22. The highest BCUT2D eigenvalue weighted by Crippen LogP contribution is 2.32. The highest BCUT2D eigenvalue weighted by molar-refractivity contribution is 5.84. The summed E-state index contributed by atoms with van der Waals surface area (Å²) in [6.45, 7) is 8.05. The molecule has 1 saturated carbocycles. The zero-order chi connectivity index (χ0) is 23.6. The van der Waals surface area contributed by atoms with Gasteiger partial charge in [-0.2, -0.15) is 9.97 Å². The van der Waals surface area contributed by atoms with E-state index in [9.17, 15) is 10.2 Å². The van der Waals surface area contributed by atoms with Crippen molar-refractivity contribution in [1.82, 2.24) is 19.5 Å². The van der Waals surface area contributed by atoms with Crippen molar-refractivity contribution in [1.29, 1.82) is 0 Å². The Kier molecular flexibility index (Phi) is 6.74. The molecule has 1 aliphatic carbocycles. The van der Waals surface area contributed by atoms with E-state index < -0.39 is 5.60 Å². The first kappa shape index (κ1) is 23.3. The van der Waals surface area contributed by atoms with Crippen LogP contribution in [0.2, 0.25) is 0 Å². The highest BCUT2D eigenvalue weighted by atomic mass is 16.3. The zero-order valence-corrected chi connectivity index (χ0v) is 20.1. The van der Waals surface area contributed by atoms with E-state index in [0.717, 1.165) is 35.1 Å². The number of imidazole rings is 1. The second-order valence-corrected chi connectivity index (χ2v) is 10.1. The van der Waals surface area contributed by atoms with Gasteiger partial charge in [0, 0.05) is 24.2 Å². The van der Waals surface area contributed by atoms with Gasteiger partial charge in [0.1, 0.15) is 5.75 Å². The summed E-state index contributed by atoms with van der Waals surface area (Å²) in [6, 6.07) is 5.95. The number of aliphatic hydroxyl groups is 1. The second-order valence-electron chi connectivity index (χ2n) is 10.1. The molecule has 33 heavy (non-hydrogen) atoms. The summed E-state index contributed by atoms with van der Waals surface area (Å²) >= 11 is 0. The summed E-state index contributed by atoms with van der Waals surface area (Å²) in [7, 11) is 0. The van der Waals surface area contributed by atoms with E-state index in [2.05, 4.69) is 20.2 Å². The van der Waals surface area contributed by atoms with Gasteiger partial charge >= 0.3 is 0 Å². The van der Waals surface area contributed by atoms with E-state index in [1.165, 1.54) is 19.3 Å². The van der Waals surface area contributed by atoms with Crippen LogP contribution >= 0.6 is 0 Å². The Hall–Kier alpha value is -2.87. The first-order valence-electron chi connectivity index (χ1n) is 12.0. The van der Waals surface area contributed by atoms with Crippen LogP contribution in [0.15, 0.2) is 24.5 Å². The van der Waals surface area contributed by atoms with Gasteiger partial charge in [-0.05, 0) is 53.0 Å².